The number of carbonyl (C=O) groups is 2. The molecule has 218 valence electrons. The maximum Gasteiger partial charge on any atom is 0.270 e. The molecule has 1 unspecified atom stereocenters. The third-order valence-corrected chi connectivity index (χ3v) is 6.94. The van der Waals surface area contributed by atoms with E-state index in [1.165, 1.54) is 57.3 Å². The fourth-order valence-electron chi connectivity index (χ4n) is 4.76. The largest absolute Gasteiger partial charge is 0.481 e. The Kier molecular flexibility index (Phi) is 10.7. The van der Waals surface area contributed by atoms with Gasteiger partial charge in [0.15, 0.2) is 0 Å². The molecule has 40 heavy (non-hydrogen) atoms. The molecule has 2 aromatic heterocycles. The van der Waals surface area contributed by atoms with Crippen LogP contribution in [0.4, 0.5) is 14.5 Å². The smallest absolute Gasteiger partial charge is 0.270 e. The SMILES string of the molecule is CC(C)N=C(/C=C\N)C(=O)NC(C=O)C(C1CC1)C1CC1.CNc1cnn([C@@H](C)c2cc(F)cnc2OC)c1F. The number of aromatic nitrogens is 3. The van der Waals surface area contributed by atoms with E-state index in [0.29, 0.717) is 23.3 Å². The summed E-state index contributed by atoms with van der Waals surface area (Å²) in [5.74, 6) is 0.398. The number of anilines is 1. The van der Waals surface area contributed by atoms with Crippen LogP contribution in [0, 0.1) is 29.5 Å². The van der Waals surface area contributed by atoms with Crippen LogP contribution in [0.25, 0.3) is 0 Å². The highest BCUT2D eigenvalue weighted by Crippen LogP contribution is 2.50. The summed E-state index contributed by atoms with van der Waals surface area (Å²) < 4.78 is 33.5. The van der Waals surface area contributed by atoms with Crippen LogP contribution in [0.2, 0.25) is 0 Å². The molecule has 12 heteroatoms. The molecule has 2 aliphatic rings. The number of halogens is 2. The van der Waals surface area contributed by atoms with Gasteiger partial charge in [0.25, 0.3) is 5.91 Å². The Morgan fingerprint density at radius 3 is 2.33 bits per heavy atom. The maximum atomic E-state index is 14.0. The van der Waals surface area contributed by atoms with Crippen LogP contribution in [0.3, 0.4) is 0 Å². The van der Waals surface area contributed by atoms with Crippen molar-refractivity contribution in [1.29, 1.82) is 0 Å². The van der Waals surface area contributed by atoms with E-state index in [2.05, 4.69) is 25.7 Å². The molecule has 2 aromatic rings. The number of nitrogens with two attached hydrogens (primary N) is 1. The summed E-state index contributed by atoms with van der Waals surface area (Å²) in [5.41, 5.74) is 6.35. The molecule has 10 nitrogen and oxygen atoms in total. The number of rotatable bonds is 12. The summed E-state index contributed by atoms with van der Waals surface area (Å²) in [6.45, 7) is 5.48. The van der Waals surface area contributed by atoms with Gasteiger partial charge in [-0.05, 0) is 82.6 Å². The second kappa shape index (κ2) is 14.0. The number of hydrogen-bond donors (Lipinski definition) is 3. The summed E-state index contributed by atoms with van der Waals surface area (Å²) in [6, 6.07) is 0.317. The number of aldehydes is 1. The van der Waals surface area contributed by atoms with Gasteiger partial charge in [0.1, 0.15) is 23.5 Å². The van der Waals surface area contributed by atoms with Crippen LogP contribution < -0.4 is 21.1 Å². The van der Waals surface area contributed by atoms with Crippen molar-refractivity contribution in [2.24, 2.45) is 28.5 Å². The van der Waals surface area contributed by atoms with Crippen molar-refractivity contribution in [1.82, 2.24) is 20.1 Å². The first-order valence-corrected chi connectivity index (χ1v) is 13.5. The van der Waals surface area contributed by atoms with E-state index in [9.17, 15) is 18.4 Å². The number of amides is 1. The van der Waals surface area contributed by atoms with Crippen LogP contribution in [0.5, 0.6) is 5.88 Å². The Morgan fingerprint density at radius 2 is 1.85 bits per heavy atom. The van der Waals surface area contributed by atoms with Crippen molar-refractivity contribution in [2.75, 3.05) is 19.5 Å². The third-order valence-electron chi connectivity index (χ3n) is 6.94. The minimum Gasteiger partial charge on any atom is -0.481 e. The topological polar surface area (TPSA) is 137 Å². The zero-order valence-corrected chi connectivity index (χ0v) is 23.6. The molecule has 0 spiro atoms. The van der Waals surface area contributed by atoms with Gasteiger partial charge in [-0.25, -0.2) is 14.1 Å². The fraction of sp³-hybridized carbons (Fsp3) is 0.536. The molecular formula is C28H39F2N7O3. The number of methoxy groups -OCH3 is 1. The maximum absolute atomic E-state index is 14.0. The highest BCUT2D eigenvalue weighted by atomic mass is 19.1. The molecule has 0 radical (unpaired) electrons. The summed E-state index contributed by atoms with van der Waals surface area (Å²) >= 11 is 0. The van der Waals surface area contributed by atoms with Crippen molar-refractivity contribution >= 4 is 23.6 Å². The zero-order valence-electron chi connectivity index (χ0n) is 23.6. The second-order valence-corrected chi connectivity index (χ2v) is 10.3. The van der Waals surface area contributed by atoms with Crippen molar-refractivity contribution in [3.8, 4) is 5.88 Å². The lowest BCUT2D eigenvalue weighted by Gasteiger charge is -2.23. The van der Waals surface area contributed by atoms with Gasteiger partial charge in [-0.15, -0.1) is 0 Å². The fourth-order valence-corrected chi connectivity index (χ4v) is 4.76. The molecular weight excluding hydrogens is 520 g/mol. The van der Waals surface area contributed by atoms with Crippen molar-refractivity contribution in [2.45, 2.75) is 64.6 Å². The Labute approximate surface area is 233 Å². The van der Waals surface area contributed by atoms with Crippen molar-refractivity contribution in [3.63, 3.8) is 0 Å². The number of ether oxygens (including phenoxy) is 1. The highest BCUT2D eigenvalue weighted by molar-refractivity contribution is 6.43. The van der Waals surface area contributed by atoms with E-state index in [1.807, 2.05) is 13.8 Å². The number of nitrogens with one attached hydrogen (secondary N) is 2. The molecule has 4 N–H and O–H groups in total. The molecule has 0 bridgehead atoms. The molecule has 1 amide bonds. The van der Waals surface area contributed by atoms with E-state index < -0.39 is 23.8 Å². The van der Waals surface area contributed by atoms with Gasteiger partial charge in [-0.1, -0.05) is 0 Å². The van der Waals surface area contributed by atoms with Crippen molar-refractivity contribution < 1.29 is 23.1 Å². The first-order chi connectivity index (χ1) is 19.1. The van der Waals surface area contributed by atoms with Gasteiger partial charge >= 0.3 is 0 Å². The standard InChI is InChI=1S/C16H25N3O2.C12H14F2N4O/c1-10(2)18-13(7-8-17)16(21)19-14(9-20)15(11-3-4-11)12-5-6-12;1-7(18-11(14)10(15-2)6-17-18)9-4-8(13)5-16-12(9)19-3/h7-12,14-15H,3-6,17H2,1-2H3,(H,19,21);4-7,15H,1-3H3/b8-7-,18-13?;/t;7-/m.0/s1. The average molecular weight is 560 g/mol. The van der Waals surface area contributed by atoms with Crippen LogP contribution in [-0.2, 0) is 9.59 Å². The molecule has 0 saturated heterocycles. The van der Waals surface area contributed by atoms with E-state index in [-0.39, 0.29) is 29.2 Å². The number of nitrogens with zero attached hydrogens (tertiary/aromatic N) is 4. The molecule has 2 aliphatic carbocycles. The van der Waals surface area contributed by atoms with Crippen LogP contribution >= 0.6 is 0 Å². The van der Waals surface area contributed by atoms with Crippen molar-refractivity contribution in [3.05, 3.63) is 48.1 Å². The molecule has 4 rings (SSSR count). The van der Waals surface area contributed by atoms with Gasteiger partial charge in [-0.2, -0.15) is 9.49 Å². The number of carbonyl (C=O) groups excluding carboxylic acids is 2. The van der Waals surface area contributed by atoms with E-state index in [0.717, 1.165) is 17.2 Å². The lowest BCUT2D eigenvalue weighted by molar-refractivity contribution is -0.120. The van der Waals surface area contributed by atoms with Crippen LogP contribution in [0.15, 0.2) is 35.7 Å². The minimum atomic E-state index is -0.541. The number of pyridine rings is 1. The summed E-state index contributed by atoms with van der Waals surface area (Å²) in [5, 5.41) is 9.48. The Morgan fingerprint density at radius 1 is 1.20 bits per heavy atom. The van der Waals surface area contributed by atoms with E-state index >= 15 is 0 Å². The summed E-state index contributed by atoms with van der Waals surface area (Å²) in [6.07, 6.45) is 10.8. The molecule has 0 aliphatic heterocycles. The summed E-state index contributed by atoms with van der Waals surface area (Å²) in [7, 11) is 3.02. The first-order valence-electron chi connectivity index (χ1n) is 13.5. The molecule has 2 heterocycles. The highest BCUT2D eigenvalue weighted by Gasteiger charge is 2.46. The molecule has 2 saturated carbocycles. The van der Waals surface area contributed by atoms with Crippen LogP contribution in [0.1, 0.15) is 58.1 Å². The Balaban J connectivity index is 0.000000222. The lowest BCUT2D eigenvalue weighted by Crippen LogP contribution is -2.45. The predicted octanol–water partition coefficient (Wildman–Crippen LogP) is 3.64. The van der Waals surface area contributed by atoms with Gasteiger partial charge in [0.2, 0.25) is 11.8 Å². The second-order valence-electron chi connectivity index (χ2n) is 10.3. The van der Waals surface area contributed by atoms with Gasteiger partial charge in [-0.3, -0.25) is 9.79 Å². The predicted molar refractivity (Wildman–Crippen MR) is 149 cm³/mol. The van der Waals surface area contributed by atoms with E-state index in [4.69, 9.17) is 10.5 Å². The normalized spacial score (nSPS) is 16.9. The van der Waals surface area contributed by atoms with Crippen LogP contribution in [-0.4, -0.2) is 58.9 Å². The number of aliphatic imine (C=N–C) groups is 1. The monoisotopic (exact) mass is 559 g/mol. The summed E-state index contributed by atoms with van der Waals surface area (Å²) in [4.78, 5) is 31.9. The molecule has 2 fully saturated rings. The average Bonchev–Trinajstić information content (AvgIpc) is 3.87. The lowest BCUT2D eigenvalue weighted by atomic mass is 9.90. The Bertz CT molecular complexity index is 1210. The van der Waals surface area contributed by atoms with Gasteiger partial charge in [0.05, 0.1) is 31.6 Å². The Hall–Kier alpha value is -3.83. The zero-order chi connectivity index (χ0) is 29.4. The number of hydrogen-bond acceptors (Lipinski definition) is 8. The minimum absolute atomic E-state index is 0.000655. The molecule has 0 aromatic carbocycles. The third kappa shape index (κ3) is 7.86. The molecule has 2 atom stereocenters. The van der Waals surface area contributed by atoms with Gasteiger partial charge < -0.3 is 25.9 Å². The first kappa shape index (κ1) is 30.7. The van der Waals surface area contributed by atoms with Gasteiger partial charge in [0, 0.05) is 18.7 Å². The van der Waals surface area contributed by atoms with E-state index in [1.54, 1.807) is 14.0 Å². The quantitative estimate of drug-likeness (QED) is 0.267.